The van der Waals surface area contributed by atoms with Crippen molar-refractivity contribution in [2.75, 3.05) is 13.2 Å². The molecule has 0 unspecified atom stereocenters. The molecule has 0 spiro atoms. The Hall–Kier alpha value is -3.48. The van der Waals surface area contributed by atoms with Gasteiger partial charge in [-0.1, -0.05) is 0 Å². The van der Waals surface area contributed by atoms with Gasteiger partial charge in [-0.05, 0) is 6.92 Å². The van der Waals surface area contributed by atoms with E-state index in [0.717, 1.165) is 0 Å². The lowest BCUT2D eigenvalue weighted by molar-refractivity contribution is -0.142. The van der Waals surface area contributed by atoms with Gasteiger partial charge in [0.05, 0.1) is 25.2 Å². The maximum Gasteiger partial charge on any atom is 0.328 e. The van der Waals surface area contributed by atoms with Crippen LogP contribution in [0, 0.1) is 0 Å². The van der Waals surface area contributed by atoms with Gasteiger partial charge >= 0.3 is 5.97 Å². The molecule has 1 aromatic rings. The fourth-order valence-corrected chi connectivity index (χ4v) is 2.20. The first-order valence-electron chi connectivity index (χ1n) is 8.59. The first kappa shape index (κ1) is 23.6. The van der Waals surface area contributed by atoms with E-state index in [1.54, 1.807) is 6.20 Å². The molecule has 0 aliphatic heterocycles. The fourth-order valence-electron chi connectivity index (χ4n) is 2.20. The Kier molecular flexibility index (Phi) is 9.25. The molecule has 1 rings (SSSR count). The van der Waals surface area contributed by atoms with Crippen molar-refractivity contribution in [1.29, 1.82) is 0 Å². The van der Waals surface area contributed by atoms with E-state index in [2.05, 4.69) is 25.9 Å². The van der Waals surface area contributed by atoms with Crippen LogP contribution in [0.3, 0.4) is 0 Å². The van der Waals surface area contributed by atoms with Gasteiger partial charge in [0, 0.05) is 19.5 Å². The molecule has 3 atom stereocenters. The summed E-state index contributed by atoms with van der Waals surface area (Å²) in [6.07, 6.45) is 3.09. The number of aliphatic hydroxyl groups is 1. The van der Waals surface area contributed by atoms with Gasteiger partial charge in [-0.3, -0.25) is 19.2 Å². The first-order chi connectivity index (χ1) is 13.6. The maximum atomic E-state index is 12.4. The number of H-pyrrole nitrogens is 1. The van der Waals surface area contributed by atoms with Crippen molar-refractivity contribution in [1.82, 2.24) is 31.2 Å². The average Bonchev–Trinajstić information content (AvgIpc) is 3.15. The molecule has 0 bridgehead atoms. The summed E-state index contributed by atoms with van der Waals surface area (Å²) < 4.78 is 0. The van der Waals surface area contributed by atoms with Crippen molar-refractivity contribution in [3.8, 4) is 0 Å². The van der Waals surface area contributed by atoms with Gasteiger partial charge in [0.25, 0.3) is 0 Å². The summed E-state index contributed by atoms with van der Waals surface area (Å²) >= 11 is 0. The number of carboxylic acids is 1. The summed E-state index contributed by atoms with van der Waals surface area (Å²) in [5.41, 5.74) is 0.532. The molecule has 0 aliphatic carbocycles. The number of nitrogens with one attached hydrogen (secondary N) is 5. The summed E-state index contributed by atoms with van der Waals surface area (Å²) in [7, 11) is 0. The number of carboxylic acid groups (broad SMARTS) is 1. The van der Waals surface area contributed by atoms with Crippen molar-refractivity contribution < 1.29 is 34.2 Å². The molecule has 0 fully saturated rings. The average molecular weight is 412 g/mol. The molecule has 0 aromatic carbocycles. The van der Waals surface area contributed by atoms with E-state index < -0.39 is 60.9 Å². The summed E-state index contributed by atoms with van der Waals surface area (Å²) in [4.78, 5) is 64.9. The third-order valence-electron chi connectivity index (χ3n) is 3.65. The number of aromatic nitrogens is 2. The van der Waals surface area contributed by atoms with Gasteiger partial charge in [0.2, 0.25) is 23.6 Å². The van der Waals surface area contributed by atoms with Crippen molar-refractivity contribution in [3.63, 3.8) is 0 Å². The van der Waals surface area contributed by atoms with E-state index in [4.69, 9.17) is 10.2 Å². The molecular weight excluding hydrogens is 388 g/mol. The van der Waals surface area contributed by atoms with Crippen LogP contribution in [-0.4, -0.2) is 81.1 Å². The Morgan fingerprint density at radius 3 is 2.31 bits per heavy atom. The van der Waals surface area contributed by atoms with Crippen LogP contribution in [0.15, 0.2) is 12.5 Å². The van der Waals surface area contributed by atoms with Gasteiger partial charge in [0.1, 0.15) is 18.1 Å². The summed E-state index contributed by atoms with van der Waals surface area (Å²) in [5.74, 6) is -4.01. The number of carbonyl (C=O) groups excluding carboxylic acids is 4. The smallest absolute Gasteiger partial charge is 0.328 e. The highest BCUT2D eigenvalue weighted by Crippen LogP contribution is 2.00. The number of rotatable bonds is 11. The van der Waals surface area contributed by atoms with Crippen LogP contribution in [0.25, 0.3) is 0 Å². The van der Waals surface area contributed by atoms with Gasteiger partial charge in [-0.15, -0.1) is 0 Å². The second kappa shape index (κ2) is 11.4. The highest BCUT2D eigenvalue weighted by atomic mass is 16.4. The zero-order chi connectivity index (χ0) is 22.0. The number of nitrogens with zero attached hydrogens (tertiary/aromatic N) is 1. The first-order valence-corrected chi connectivity index (χ1v) is 8.59. The molecule has 0 aliphatic rings. The van der Waals surface area contributed by atoms with E-state index in [-0.39, 0.29) is 6.42 Å². The van der Waals surface area contributed by atoms with E-state index in [1.165, 1.54) is 20.2 Å². The van der Waals surface area contributed by atoms with Crippen LogP contribution in [0.4, 0.5) is 0 Å². The minimum atomic E-state index is -1.49. The van der Waals surface area contributed by atoms with Crippen LogP contribution in [0.1, 0.15) is 19.5 Å². The molecule has 13 heteroatoms. The highest BCUT2D eigenvalue weighted by molar-refractivity contribution is 5.93. The Labute approximate surface area is 165 Å². The van der Waals surface area contributed by atoms with Gasteiger partial charge < -0.3 is 36.5 Å². The van der Waals surface area contributed by atoms with E-state index >= 15 is 0 Å². The third kappa shape index (κ3) is 8.38. The van der Waals surface area contributed by atoms with Crippen molar-refractivity contribution in [2.45, 2.75) is 38.4 Å². The zero-order valence-electron chi connectivity index (χ0n) is 15.9. The fraction of sp³-hybridized carbons (Fsp3) is 0.500. The van der Waals surface area contributed by atoms with Crippen LogP contribution >= 0.6 is 0 Å². The van der Waals surface area contributed by atoms with Gasteiger partial charge in [-0.2, -0.15) is 0 Å². The number of imidazole rings is 1. The Morgan fingerprint density at radius 1 is 1.10 bits per heavy atom. The predicted octanol–water partition coefficient (Wildman–Crippen LogP) is -3.36. The summed E-state index contributed by atoms with van der Waals surface area (Å²) in [5, 5.41) is 26.7. The number of hydrogen-bond donors (Lipinski definition) is 7. The number of hydrogen-bond acceptors (Lipinski definition) is 7. The number of aliphatic carboxylic acids is 1. The monoisotopic (exact) mass is 412 g/mol. The number of aliphatic hydroxyl groups excluding tert-OH is 1. The quantitative estimate of drug-likeness (QED) is 0.195. The highest BCUT2D eigenvalue weighted by Gasteiger charge is 2.25. The van der Waals surface area contributed by atoms with E-state index in [0.29, 0.717) is 5.69 Å². The second-order valence-corrected chi connectivity index (χ2v) is 6.11. The molecule has 29 heavy (non-hydrogen) atoms. The van der Waals surface area contributed by atoms with Crippen molar-refractivity contribution >= 4 is 29.6 Å². The van der Waals surface area contributed by atoms with E-state index in [1.807, 2.05) is 5.32 Å². The minimum absolute atomic E-state index is 0.101. The molecule has 0 saturated heterocycles. The molecule has 160 valence electrons. The van der Waals surface area contributed by atoms with Gasteiger partial charge in [0.15, 0.2) is 0 Å². The van der Waals surface area contributed by atoms with E-state index in [9.17, 15) is 24.0 Å². The zero-order valence-corrected chi connectivity index (χ0v) is 15.9. The summed E-state index contributed by atoms with van der Waals surface area (Å²) in [6.45, 7) is 1.27. The maximum absolute atomic E-state index is 12.4. The minimum Gasteiger partial charge on any atom is -0.480 e. The molecule has 0 saturated carbocycles. The summed E-state index contributed by atoms with van der Waals surface area (Å²) in [6, 6.07) is -3.49. The molecule has 0 radical (unpaired) electrons. The Balaban J connectivity index is 2.56. The molecular formula is C16H24N6O7. The normalized spacial score (nSPS) is 13.5. The molecule has 1 heterocycles. The van der Waals surface area contributed by atoms with Crippen molar-refractivity contribution in [2.24, 2.45) is 0 Å². The topological polar surface area (TPSA) is 203 Å². The molecule has 1 aromatic heterocycles. The SMILES string of the molecule is CC(=O)N[C@@H](Cc1c[nH]cn1)C(=O)N[C@@H](C)C(=O)NCC(=O)N[C@@H](CO)C(=O)O. The molecule has 4 amide bonds. The lowest BCUT2D eigenvalue weighted by Crippen LogP contribution is -2.54. The second-order valence-electron chi connectivity index (χ2n) is 6.11. The molecule has 13 nitrogen and oxygen atoms in total. The van der Waals surface area contributed by atoms with Gasteiger partial charge in [-0.25, -0.2) is 9.78 Å². The third-order valence-corrected chi connectivity index (χ3v) is 3.65. The number of aromatic amines is 1. The largest absolute Gasteiger partial charge is 0.480 e. The number of carbonyl (C=O) groups is 5. The van der Waals surface area contributed by atoms with Crippen LogP contribution in [0.5, 0.6) is 0 Å². The van der Waals surface area contributed by atoms with Crippen LogP contribution in [-0.2, 0) is 30.4 Å². The lowest BCUT2D eigenvalue weighted by atomic mass is 10.1. The predicted molar refractivity (Wildman–Crippen MR) is 97.2 cm³/mol. The van der Waals surface area contributed by atoms with Crippen molar-refractivity contribution in [3.05, 3.63) is 18.2 Å². The molecule has 7 N–H and O–H groups in total. The van der Waals surface area contributed by atoms with Crippen LogP contribution < -0.4 is 21.3 Å². The Morgan fingerprint density at radius 2 is 1.79 bits per heavy atom. The van der Waals surface area contributed by atoms with Crippen LogP contribution in [0.2, 0.25) is 0 Å². The lowest BCUT2D eigenvalue weighted by Gasteiger charge is -2.20. The Bertz CT molecular complexity index is 736. The standard InChI is InChI=1S/C16H24N6O7/c1-8(14(26)18-5-13(25)22-12(6-23)16(28)29)20-15(27)11(21-9(2)24)3-10-4-17-7-19-10/h4,7-8,11-12,23H,3,5-6H2,1-2H3,(H,17,19)(H,18,26)(H,20,27)(H,21,24)(H,22,25)(H,28,29)/t8-,11-,12-/m0/s1. The number of amides is 4.